The summed E-state index contributed by atoms with van der Waals surface area (Å²) in [5.74, 6) is -0.00252. The summed E-state index contributed by atoms with van der Waals surface area (Å²) in [6.45, 7) is 4.00. The maximum atomic E-state index is 12.5. The minimum absolute atomic E-state index is 0.0733. The Balaban J connectivity index is 2.34. The summed E-state index contributed by atoms with van der Waals surface area (Å²) in [5.41, 5.74) is 0.626. The first-order chi connectivity index (χ1) is 9.02. The zero-order chi connectivity index (χ0) is 14.0. The van der Waals surface area contributed by atoms with Crippen LogP contribution in [0.4, 0.5) is 0 Å². The third-order valence-electron chi connectivity index (χ3n) is 3.26. The largest absolute Gasteiger partial charge is 0.321 e. The number of amides is 2. The van der Waals surface area contributed by atoms with Crippen LogP contribution >= 0.6 is 0 Å². The lowest BCUT2D eigenvalue weighted by Crippen LogP contribution is -2.54. The molecule has 2 amide bonds. The molecule has 1 aliphatic rings. The molecule has 1 atom stereocenters. The van der Waals surface area contributed by atoms with Gasteiger partial charge in [0, 0.05) is 24.9 Å². The van der Waals surface area contributed by atoms with Crippen molar-refractivity contribution in [3.05, 3.63) is 48.2 Å². The topological polar surface area (TPSA) is 40.6 Å². The van der Waals surface area contributed by atoms with Crippen molar-refractivity contribution < 1.29 is 9.59 Å². The van der Waals surface area contributed by atoms with Crippen molar-refractivity contribution in [2.45, 2.75) is 20.0 Å². The summed E-state index contributed by atoms with van der Waals surface area (Å²) >= 11 is 0. The molecular weight excluding hydrogens is 240 g/mol. The van der Waals surface area contributed by atoms with Gasteiger partial charge in [0.05, 0.1) is 0 Å². The van der Waals surface area contributed by atoms with Crippen molar-refractivity contribution in [1.82, 2.24) is 9.80 Å². The maximum Gasteiger partial charge on any atom is 0.259 e. The Morgan fingerprint density at radius 3 is 2.42 bits per heavy atom. The number of likely N-dealkylation sites (N-methyl/N-ethyl adjacent to an activating group) is 1. The zero-order valence-electron chi connectivity index (χ0n) is 11.4. The van der Waals surface area contributed by atoms with E-state index >= 15 is 0 Å². The van der Waals surface area contributed by atoms with Gasteiger partial charge in [-0.3, -0.25) is 14.5 Å². The molecule has 0 saturated heterocycles. The van der Waals surface area contributed by atoms with Gasteiger partial charge in [-0.2, -0.15) is 0 Å². The third kappa shape index (κ3) is 2.52. The molecule has 100 valence electrons. The summed E-state index contributed by atoms with van der Waals surface area (Å²) in [6.07, 6.45) is 2.77. The van der Waals surface area contributed by atoms with E-state index in [2.05, 4.69) is 0 Å². The Hall–Kier alpha value is -2.10. The van der Waals surface area contributed by atoms with Crippen LogP contribution in [0.2, 0.25) is 0 Å². The molecule has 2 rings (SSSR count). The van der Waals surface area contributed by atoms with Crippen LogP contribution in [0.5, 0.6) is 0 Å². The number of benzene rings is 1. The molecule has 1 aromatic rings. The molecule has 4 nitrogen and oxygen atoms in total. The van der Waals surface area contributed by atoms with Gasteiger partial charge in [0.25, 0.3) is 5.91 Å². The summed E-state index contributed by atoms with van der Waals surface area (Å²) in [7, 11) is 1.72. The van der Waals surface area contributed by atoms with Gasteiger partial charge in [-0.05, 0) is 18.1 Å². The normalized spacial score (nSPS) is 19.2. The molecule has 0 fully saturated rings. The molecule has 0 aliphatic carbocycles. The molecule has 0 aromatic heterocycles. The molecule has 1 heterocycles. The number of hydrogen-bond donors (Lipinski definition) is 0. The molecule has 1 aliphatic heterocycles. The lowest BCUT2D eigenvalue weighted by atomic mass is 10.1. The highest BCUT2D eigenvalue weighted by molar-refractivity contribution is 5.97. The van der Waals surface area contributed by atoms with E-state index in [-0.39, 0.29) is 23.9 Å². The fraction of sp³-hybridized carbons (Fsp3) is 0.333. The SMILES string of the molecule is CC(C)[C@H]1N(C)C(=O)C=CN1C(=O)c1ccccc1. The molecule has 0 bridgehead atoms. The van der Waals surface area contributed by atoms with E-state index < -0.39 is 0 Å². The Bertz CT molecular complexity index is 508. The van der Waals surface area contributed by atoms with E-state index in [1.165, 1.54) is 6.08 Å². The average Bonchev–Trinajstić information content (AvgIpc) is 2.41. The number of rotatable bonds is 2. The van der Waals surface area contributed by atoms with Crippen LogP contribution in [0.25, 0.3) is 0 Å². The molecular formula is C15H18N2O2. The Kier molecular flexibility index (Phi) is 3.69. The second kappa shape index (κ2) is 5.26. The van der Waals surface area contributed by atoms with Gasteiger partial charge in [-0.25, -0.2) is 0 Å². The van der Waals surface area contributed by atoms with Crippen molar-refractivity contribution in [2.24, 2.45) is 5.92 Å². The minimum atomic E-state index is -0.245. The van der Waals surface area contributed by atoms with Crippen molar-refractivity contribution in [3.8, 4) is 0 Å². The second-order valence-corrected chi connectivity index (χ2v) is 5.00. The van der Waals surface area contributed by atoms with Gasteiger partial charge in [0.15, 0.2) is 0 Å². The summed E-state index contributed by atoms with van der Waals surface area (Å²) in [5, 5.41) is 0. The summed E-state index contributed by atoms with van der Waals surface area (Å²) in [4.78, 5) is 27.4. The third-order valence-corrected chi connectivity index (χ3v) is 3.26. The predicted octanol–water partition coefficient (Wildman–Crippen LogP) is 2.10. The van der Waals surface area contributed by atoms with E-state index in [1.807, 2.05) is 32.0 Å². The van der Waals surface area contributed by atoms with E-state index in [4.69, 9.17) is 0 Å². The fourth-order valence-electron chi connectivity index (χ4n) is 2.35. The van der Waals surface area contributed by atoms with Crippen LogP contribution < -0.4 is 0 Å². The van der Waals surface area contributed by atoms with Crippen LogP contribution in [0.3, 0.4) is 0 Å². The predicted molar refractivity (Wildman–Crippen MR) is 73.1 cm³/mol. The van der Waals surface area contributed by atoms with Crippen LogP contribution in [-0.4, -0.2) is 34.8 Å². The first-order valence-corrected chi connectivity index (χ1v) is 6.35. The smallest absolute Gasteiger partial charge is 0.259 e. The fourth-order valence-corrected chi connectivity index (χ4v) is 2.35. The van der Waals surface area contributed by atoms with Gasteiger partial charge in [0.2, 0.25) is 5.91 Å². The van der Waals surface area contributed by atoms with Crippen molar-refractivity contribution in [1.29, 1.82) is 0 Å². The molecule has 0 radical (unpaired) electrons. The molecule has 1 aromatic carbocycles. The van der Waals surface area contributed by atoms with Gasteiger partial charge in [-0.15, -0.1) is 0 Å². The number of nitrogens with zero attached hydrogens (tertiary/aromatic N) is 2. The highest BCUT2D eigenvalue weighted by Crippen LogP contribution is 2.21. The first-order valence-electron chi connectivity index (χ1n) is 6.35. The first kappa shape index (κ1) is 13.3. The van der Waals surface area contributed by atoms with Crippen molar-refractivity contribution in [2.75, 3.05) is 7.05 Å². The van der Waals surface area contributed by atoms with E-state index in [0.717, 1.165) is 0 Å². The van der Waals surface area contributed by atoms with Gasteiger partial charge in [0.1, 0.15) is 6.17 Å². The zero-order valence-corrected chi connectivity index (χ0v) is 11.4. The number of hydrogen-bond acceptors (Lipinski definition) is 2. The van der Waals surface area contributed by atoms with Crippen LogP contribution in [0.15, 0.2) is 42.6 Å². The van der Waals surface area contributed by atoms with Gasteiger partial charge < -0.3 is 4.90 Å². The molecule has 0 saturated carbocycles. The lowest BCUT2D eigenvalue weighted by molar-refractivity contribution is -0.131. The Morgan fingerprint density at radius 1 is 1.21 bits per heavy atom. The van der Waals surface area contributed by atoms with E-state index in [0.29, 0.717) is 5.56 Å². The quantitative estimate of drug-likeness (QED) is 0.815. The molecule has 0 unspecified atom stereocenters. The monoisotopic (exact) mass is 258 g/mol. The Morgan fingerprint density at radius 2 is 1.84 bits per heavy atom. The van der Waals surface area contributed by atoms with Crippen LogP contribution in [0.1, 0.15) is 24.2 Å². The second-order valence-electron chi connectivity index (χ2n) is 5.00. The highest BCUT2D eigenvalue weighted by Gasteiger charge is 2.33. The molecule has 19 heavy (non-hydrogen) atoms. The molecule has 0 spiro atoms. The van der Waals surface area contributed by atoms with Crippen LogP contribution in [0, 0.1) is 5.92 Å². The maximum absolute atomic E-state index is 12.5. The standard InChI is InChI=1S/C15H18N2O2/c1-11(2)14-16(3)13(18)9-10-17(14)15(19)12-7-5-4-6-8-12/h4-11,14H,1-3H3/t14-/m0/s1. The summed E-state index contributed by atoms with van der Waals surface area (Å²) in [6, 6.07) is 9.10. The highest BCUT2D eigenvalue weighted by atomic mass is 16.2. The number of carbonyl (C=O) groups excluding carboxylic acids is 2. The Labute approximate surface area is 113 Å². The average molecular weight is 258 g/mol. The lowest BCUT2D eigenvalue weighted by Gasteiger charge is -2.40. The minimum Gasteiger partial charge on any atom is -0.321 e. The summed E-state index contributed by atoms with van der Waals surface area (Å²) < 4.78 is 0. The van der Waals surface area contributed by atoms with E-state index in [1.54, 1.807) is 35.2 Å². The van der Waals surface area contributed by atoms with E-state index in [9.17, 15) is 9.59 Å². The van der Waals surface area contributed by atoms with Crippen molar-refractivity contribution in [3.63, 3.8) is 0 Å². The van der Waals surface area contributed by atoms with Gasteiger partial charge >= 0.3 is 0 Å². The molecule has 4 heteroatoms. The molecule has 0 N–H and O–H groups in total. The number of carbonyl (C=O) groups is 2. The van der Waals surface area contributed by atoms with Crippen molar-refractivity contribution >= 4 is 11.8 Å². The van der Waals surface area contributed by atoms with Gasteiger partial charge in [-0.1, -0.05) is 32.0 Å². The van der Waals surface area contributed by atoms with Crippen LogP contribution in [-0.2, 0) is 4.79 Å².